The standard InChI is InChI=1S/C33H38N8O5/c34-25(15-9-17-37-33(35)36)30(43)39-20-28(42)40-27(18-22-19-38-26-16-8-7-14-24(22)26)31(44)41(23-12-5-2-6-13-23)29(32(45)46)21-10-3-1-4-11-21/h1-8,10-14,16,19,25,27,29,38H,9,15,17-18,20,34H2,(H,39,43)(H,40,42)(H,45,46)(H4,35,36,37)/t25-,27-,29-/m0/s1. The number of nitrogens with one attached hydrogen (secondary N) is 3. The highest BCUT2D eigenvalue weighted by Crippen LogP contribution is 2.29. The number of carboxylic acid groups (broad SMARTS) is 1. The van der Waals surface area contributed by atoms with Crippen molar-refractivity contribution in [2.45, 2.75) is 37.4 Å². The topological polar surface area (TPSA) is 222 Å². The first-order valence-corrected chi connectivity index (χ1v) is 14.7. The second-order valence-corrected chi connectivity index (χ2v) is 10.7. The molecule has 0 aliphatic carbocycles. The number of nitrogens with two attached hydrogens (primary N) is 3. The Labute approximate surface area is 265 Å². The van der Waals surface area contributed by atoms with Crippen LogP contribution in [0.15, 0.2) is 96.1 Å². The fourth-order valence-corrected chi connectivity index (χ4v) is 5.11. The van der Waals surface area contributed by atoms with E-state index in [1.165, 1.54) is 4.90 Å². The number of rotatable bonds is 15. The van der Waals surface area contributed by atoms with E-state index in [2.05, 4.69) is 20.6 Å². The van der Waals surface area contributed by atoms with Crippen LogP contribution in [0.5, 0.6) is 0 Å². The number of carbonyl (C=O) groups excluding carboxylic acids is 3. The molecule has 3 aromatic carbocycles. The smallest absolute Gasteiger partial charge is 0.331 e. The van der Waals surface area contributed by atoms with E-state index in [1.54, 1.807) is 66.9 Å². The number of nitrogens with zero attached hydrogens (tertiary/aromatic N) is 2. The van der Waals surface area contributed by atoms with E-state index in [0.717, 1.165) is 16.5 Å². The molecule has 0 saturated heterocycles. The number of amides is 3. The molecule has 1 aromatic heterocycles. The molecule has 0 spiro atoms. The maximum Gasteiger partial charge on any atom is 0.331 e. The van der Waals surface area contributed by atoms with Crippen LogP contribution >= 0.6 is 0 Å². The summed E-state index contributed by atoms with van der Waals surface area (Å²) in [5.74, 6) is -3.17. The first kappa shape index (κ1) is 33.2. The molecule has 3 atom stereocenters. The summed E-state index contributed by atoms with van der Waals surface area (Å²) in [6.07, 6.45) is 2.53. The van der Waals surface area contributed by atoms with Crippen LogP contribution in [0.4, 0.5) is 5.69 Å². The number of carboxylic acids is 1. The summed E-state index contributed by atoms with van der Waals surface area (Å²) in [6.45, 7) is -0.149. The fraction of sp³-hybridized carbons (Fsp3) is 0.242. The maximum atomic E-state index is 14.5. The van der Waals surface area contributed by atoms with Crippen molar-refractivity contribution in [3.8, 4) is 0 Å². The number of fused-ring (bicyclic) bond motifs is 1. The maximum absolute atomic E-state index is 14.5. The quantitative estimate of drug-likeness (QED) is 0.0581. The Morgan fingerprint density at radius 2 is 1.57 bits per heavy atom. The van der Waals surface area contributed by atoms with Gasteiger partial charge in [-0.2, -0.15) is 0 Å². The Balaban J connectivity index is 1.61. The van der Waals surface area contributed by atoms with E-state index >= 15 is 0 Å². The summed E-state index contributed by atoms with van der Waals surface area (Å²) in [6, 6.07) is 20.8. The van der Waals surface area contributed by atoms with Gasteiger partial charge in [-0.15, -0.1) is 0 Å². The van der Waals surface area contributed by atoms with E-state index in [4.69, 9.17) is 17.2 Å². The number of aliphatic carboxylic acids is 1. The van der Waals surface area contributed by atoms with Crippen LogP contribution in [0, 0.1) is 0 Å². The van der Waals surface area contributed by atoms with Gasteiger partial charge >= 0.3 is 5.97 Å². The summed E-state index contributed by atoms with van der Waals surface area (Å²) in [5.41, 5.74) is 18.9. The molecule has 10 N–H and O–H groups in total. The number of H-pyrrole nitrogens is 1. The van der Waals surface area contributed by atoms with Crippen molar-refractivity contribution in [1.29, 1.82) is 0 Å². The first-order chi connectivity index (χ1) is 22.2. The van der Waals surface area contributed by atoms with Gasteiger partial charge in [-0.25, -0.2) is 4.79 Å². The average Bonchev–Trinajstić information content (AvgIpc) is 3.46. The third-order valence-electron chi connectivity index (χ3n) is 7.34. The Kier molecular flexibility index (Phi) is 11.5. The Bertz CT molecular complexity index is 1670. The normalized spacial score (nSPS) is 12.8. The summed E-state index contributed by atoms with van der Waals surface area (Å²) < 4.78 is 0. The zero-order valence-electron chi connectivity index (χ0n) is 25.1. The largest absolute Gasteiger partial charge is 0.479 e. The Hall–Kier alpha value is -5.69. The van der Waals surface area contributed by atoms with Gasteiger partial charge in [-0.1, -0.05) is 66.7 Å². The highest BCUT2D eigenvalue weighted by atomic mass is 16.4. The second-order valence-electron chi connectivity index (χ2n) is 10.7. The fourth-order valence-electron chi connectivity index (χ4n) is 5.11. The van der Waals surface area contributed by atoms with Crippen LogP contribution in [0.25, 0.3) is 10.9 Å². The van der Waals surface area contributed by atoms with Gasteiger partial charge in [0.2, 0.25) is 11.8 Å². The lowest BCUT2D eigenvalue weighted by Crippen LogP contribution is -2.54. The van der Waals surface area contributed by atoms with Gasteiger partial charge in [0.25, 0.3) is 5.91 Å². The molecule has 4 rings (SSSR count). The molecule has 13 heteroatoms. The molecule has 0 bridgehead atoms. The summed E-state index contributed by atoms with van der Waals surface area (Å²) in [4.78, 5) is 61.3. The van der Waals surface area contributed by atoms with Crippen molar-refractivity contribution in [1.82, 2.24) is 15.6 Å². The molecule has 0 aliphatic heterocycles. The molecule has 1 heterocycles. The molecule has 46 heavy (non-hydrogen) atoms. The van der Waals surface area contributed by atoms with E-state index in [-0.39, 0.29) is 18.8 Å². The van der Waals surface area contributed by atoms with E-state index in [1.807, 2.05) is 24.3 Å². The zero-order valence-corrected chi connectivity index (χ0v) is 25.1. The van der Waals surface area contributed by atoms with Crippen LogP contribution in [0.3, 0.4) is 0 Å². The molecule has 0 fully saturated rings. The summed E-state index contributed by atoms with van der Waals surface area (Å²) in [5, 5.41) is 16.5. The second kappa shape index (κ2) is 15.9. The Morgan fingerprint density at radius 3 is 2.24 bits per heavy atom. The molecule has 0 radical (unpaired) electrons. The lowest BCUT2D eigenvalue weighted by molar-refractivity contribution is -0.140. The number of carbonyl (C=O) groups is 4. The molecule has 0 saturated carbocycles. The number of aromatic nitrogens is 1. The third-order valence-corrected chi connectivity index (χ3v) is 7.34. The predicted octanol–water partition coefficient (Wildman–Crippen LogP) is 1.55. The molecule has 240 valence electrons. The first-order valence-electron chi connectivity index (χ1n) is 14.7. The monoisotopic (exact) mass is 626 g/mol. The van der Waals surface area contributed by atoms with Gasteiger partial charge in [0.1, 0.15) is 6.04 Å². The number of benzene rings is 3. The highest BCUT2D eigenvalue weighted by molar-refractivity contribution is 6.04. The molecule has 0 aliphatic rings. The van der Waals surface area contributed by atoms with Crippen molar-refractivity contribution in [3.63, 3.8) is 0 Å². The number of hydrogen-bond donors (Lipinski definition) is 7. The minimum Gasteiger partial charge on any atom is -0.479 e. The summed E-state index contributed by atoms with van der Waals surface area (Å²) >= 11 is 0. The molecule has 4 aromatic rings. The molecular weight excluding hydrogens is 588 g/mol. The van der Waals surface area contributed by atoms with E-state index in [0.29, 0.717) is 24.2 Å². The van der Waals surface area contributed by atoms with Crippen LogP contribution in [0.1, 0.15) is 30.0 Å². The average molecular weight is 627 g/mol. The van der Waals surface area contributed by atoms with Crippen LogP contribution in [-0.4, -0.2) is 64.9 Å². The van der Waals surface area contributed by atoms with Crippen LogP contribution in [0.2, 0.25) is 0 Å². The summed E-state index contributed by atoms with van der Waals surface area (Å²) in [7, 11) is 0. The SMILES string of the molecule is NC(N)=NCCC[C@H](N)C(=O)NCC(=O)N[C@@H](Cc1c[nH]c2ccccc12)C(=O)N(c1ccccc1)[C@H](C(=O)O)c1ccccc1. The highest BCUT2D eigenvalue weighted by Gasteiger charge is 2.37. The van der Waals surface area contributed by atoms with E-state index in [9.17, 15) is 24.3 Å². The molecular formula is C33H38N8O5. The third kappa shape index (κ3) is 8.70. The van der Waals surface area contributed by atoms with E-state index < -0.39 is 48.4 Å². The van der Waals surface area contributed by atoms with Gasteiger partial charge < -0.3 is 37.9 Å². The molecule has 0 unspecified atom stereocenters. The minimum absolute atomic E-state index is 0.0390. The number of aliphatic imine (C=N–C) groups is 1. The van der Waals surface area contributed by atoms with Gasteiger partial charge in [0.05, 0.1) is 12.6 Å². The molecule has 3 amide bonds. The number of guanidine groups is 1. The van der Waals surface area contributed by atoms with Crippen molar-refractivity contribution in [2.75, 3.05) is 18.0 Å². The van der Waals surface area contributed by atoms with Gasteiger partial charge in [-0.05, 0) is 42.2 Å². The zero-order chi connectivity index (χ0) is 33.1. The van der Waals surface area contributed by atoms with Crippen LogP contribution < -0.4 is 32.7 Å². The van der Waals surface area contributed by atoms with Gasteiger partial charge in [0, 0.05) is 35.8 Å². The Morgan fingerprint density at radius 1 is 0.913 bits per heavy atom. The van der Waals surface area contributed by atoms with Gasteiger partial charge in [0.15, 0.2) is 12.0 Å². The van der Waals surface area contributed by atoms with Crippen molar-refractivity contribution >= 4 is 46.2 Å². The number of anilines is 1. The predicted molar refractivity (Wildman–Crippen MR) is 176 cm³/mol. The number of aromatic amines is 1. The van der Waals surface area contributed by atoms with Crippen LogP contribution in [-0.2, 0) is 25.6 Å². The van der Waals surface area contributed by atoms with Crippen molar-refractivity contribution in [2.24, 2.45) is 22.2 Å². The number of para-hydroxylation sites is 2. The lowest BCUT2D eigenvalue weighted by Gasteiger charge is -2.33. The number of hydrogen-bond acceptors (Lipinski definition) is 6. The van der Waals surface area contributed by atoms with Crippen molar-refractivity contribution < 1.29 is 24.3 Å². The minimum atomic E-state index is -1.39. The molecule has 13 nitrogen and oxygen atoms in total. The van der Waals surface area contributed by atoms with Gasteiger partial charge in [-0.3, -0.25) is 24.3 Å². The lowest BCUT2D eigenvalue weighted by atomic mass is 9.99. The van der Waals surface area contributed by atoms with Crippen molar-refractivity contribution in [3.05, 3.63) is 102 Å².